The maximum Gasteiger partial charge on any atom is 0.320 e. The van der Waals surface area contributed by atoms with Crippen molar-refractivity contribution in [2.24, 2.45) is 5.41 Å². The zero-order valence-electron chi connectivity index (χ0n) is 12.8. The van der Waals surface area contributed by atoms with Crippen LogP contribution in [0.1, 0.15) is 30.1 Å². The highest BCUT2D eigenvalue weighted by Crippen LogP contribution is 2.46. The molecule has 1 aliphatic carbocycles. The average molecular weight is 315 g/mol. The molecule has 0 heterocycles. The summed E-state index contributed by atoms with van der Waals surface area (Å²) in [7, 11) is 0. The van der Waals surface area contributed by atoms with Gasteiger partial charge in [0.2, 0.25) is 0 Å². The summed E-state index contributed by atoms with van der Waals surface area (Å²) in [5.74, 6) is -1.03. The van der Waals surface area contributed by atoms with Gasteiger partial charge in [-0.25, -0.2) is 0 Å². The summed E-state index contributed by atoms with van der Waals surface area (Å²) in [6, 6.07) is 5.19. The number of carbonyl (C=O) groups excluding carboxylic acids is 2. The molecule has 2 rings (SSSR count). The Balaban J connectivity index is 2.41. The molecule has 0 unspecified atom stereocenters. The van der Waals surface area contributed by atoms with Crippen LogP contribution in [0.25, 0.3) is 0 Å². The summed E-state index contributed by atoms with van der Waals surface area (Å²) in [5, 5.41) is 10.7. The number of hydrogen-bond acceptors (Lipinski definition) is 5. The number of esters is 1. The van der Waals surface area contributed by atoms with E-state index >= 15 is 0 Å². The van der Waals surface area contributed by atoms with Crippen LogP contribution in [0.3, 0.4) is 0 Å². The molecule has 0 N–H and O–H groups in total. The number of benzene rings is 1. The summed E-state index contributed by atoms with van der Waals surface area (Å²) in [5.41, 5.74) is 0.0279. The fourth-order valence-corrected chi connectivity index (χ4v) is 2.72. The third-order valence-electron chi connectivity index (χ3n) is 3.97. The van der Waals surface area contributed by atoms with E-state index in [0.717, 1.165) is 0 Å². The van der Waals surface area contributed by atoms with Crippen LogP contribution in [0.5, 0.6) is 0 Å². The summed E-state index contributed by atoms with van der Waals surface area (Å²) < 4.78 is 5.08. The second-order valence-electron chi connectivity index (χ2n) is 5.50. The number of rotatable bonds is 5. The Bertz CT molecular complexity index is 686. The standard InChI is InChI=1S/C17H17NO5/c1-4-23-16(20)17(9-11(2)12(3)10-17)15(19)13-5-7-14(8-6-13)18(21)22/h5-8H,2-4,9-10H2,1H3. The molecule has 1 saturated carbocycles. The van der Waals surface area contributed by atoms with E-state index < -0.39 is 22.1 Å². The second-order valence-corrected chi connectivity index (χ2v) is 5.50. The van der Waals surface area contributed by atoms with Gasteiger partial charge in [-0.3, -0.25) is 19.7 Å². The van der Waals surface area contributed by atoms with Gasteiger partial charge in [0.25, 0.3) is 5.69 Å². The summed E-state index contributed by atoms with van der Waals surface area (Å²) in [6.07, 6.45) is 0.307. The fourth-order valence-electron chi connectivity index (χ4n) is 2.72. The van der Waals surface area contributed by atoms with Gasteiger partial charge in [0.05, 0.1) is 11.5 Å². The lowest BCUT2D eigenvalue weighted by Gasteiger charge is -2.24. The van der Waals surface area contributed by atoms with Gasteiger partial charge in [-0.1, -0.05) is 24.3 Å². The van der Waals surface area contributed by atoms with E-state index in [1.807, 2.05) is 0 Å². The minimum atomic E-state index is -1.37. The Labute approximate surface area is 133 Å². The van der Waals surface area contributed by atoms with Crippen molar-refractivity contribution >= 4 is 17.4 Å². The van der Waals surface area contributed by atoms with Crippen LogP contribution in [0.4, 0.5) is 5.69 Å². The molecule has 0 spiro atoms. The smallest absolute Gasteiger partial charge is 0.320 e. The van der Waals surface area contributed by atoms with E-state index in [-0.39, 0.29) is 30.7 Å². The van der Waals surface area contributed by atoms with Gasteiger partial charge in [-0.2, -0.15) is 0 Å². The number of ketones is 1. The molecule has 6 heteroatoms. The highest BCUT2D eigenvalue weighted by Gasteiger charge is 2.52. The maximum atomic E-state index is 12.9. The number of hydrogen-bond donors (Lipinski definition) is 0. The van der Waals surface area contributed by atoms with Gasteiger partial charge < -0.3 is 4.74 Å². The first-order valence-corrected chi connectivity index (χ1v) is 7.14. The van der Waals surface area contributed by atoms with Gasteiger partial charge in [0, 0.05) is 17.7 Å². The van der Waals surface area contributed by atoms with Crippen LogP contribution in [-0.4, -0.2) is 23.3 Å². The van der Waals surface area contributed by atoms with Gasteiger partial charge in [0.15, 0.2) is 5.78 Å². The van der Waals surface area contributed by atoms with Crippen LogP contribution >= 0.6 is 0 Å². The number of Topliss-reactive ketones (excluding diaryl/α,β-unsaturated/α-hetero) is 1. The first kappa shape index (κ1) is 16.6. The second kappa shape index (κ2) is 6.16. The Kier molecular flexibility index (Phi) is 4.45. The topological polar surface area (TPSA) is 86.5 Å². The van der Waals surface area contributed by atoms with E-state index in [2.05, 4.69) is 13.2 Å². The van der Waals surface area contributed by atoms with Gasteiger partial charge in [-0.05, 0) is 31.9 Å². The summed E-state index contributed by atoms with van der Waals surface area (Å²) >= 11 is 0. The SMILES string of the molecule is C=C1CC(C(=O)OCC)(C(=O)c2ccc([N+](=O)[O-])cc2)CC1=C. The maximum absolute atomic E-state index is 12.9. The highest BCUT2D eigenvalue weighted by molar-refractivity contribution is 6.13. The Morgan fingerprint density at radius 1 is 1.22 bits per heavy atom. The Hall–Kier alpha value is -2.76. The molecule has 0 atom stereocenters. The van der Waals surface area contributed by atoms with Crippen LogP contribution in [-0.2, 0) is 9.53 Å². The monoisotopic (exact) mass is 315 g/mol. The Morgan fingerprint density at radius 2 is 1.74 bits per heavy atom. The van der Waals surface area contributed by atoms with Crippen LogP contribution < -0.4 is 0 Å². The molecule has 6 nitrogen and oxygen atoms in total. The molecule has 1 fully saturated rings. The van der Waals surface area contributed by atoms with Crippen molar-refractivity contribution in [3.05, 3.63) is 64.2 Å². The first-order valence-electron chi connectivity index (χ1n) is 7.14. The van der Waals surface area contributed by atoms with Crippen LogP contribution in [0.15, 0.2) is 48.6 Å². The third kappa shape index (κ3) is 2.92. The molecular formula is C17H17NO5. The van der Waals surface area contributed by atoms with Crippen LogP contribution in [0.2, 0.25) is 0 Å². The van der Waals surface area contributed by atoms with Crippen molar-refractivity contribution < 1.29 is 19.2 Å². The molecule has 1 aromatic carbocycles. The van der Waals surface area contributed by atoms with Crippen molar-refractivity contribution in [2.75, 3.05) is 6.61 Å². The number of ether oxygens (including phenoxy) is 1. The minimum absolute atomic E-state index is 0.119. The van der Waals surface area contributed by atoms with E-state index in [0.29, 0.717) is 11.1 Å². The summed E-state index contributed by atoms with van der Waals surface area (Å²) in [6.45, 7) is 9.50. The number of allylic oxidation sites excluding steroid dienone is 2. The van der Waals surface area contributed by atoms with Gasteiger partial charge in [-0.15, -0.1) is 0 Å². The fraction of sp³-hybridized carbons (Fsp3) is 0.294. The predicted octanol–water partition coefficient (Wildman–Crippen LogP) is 3.23. The molecule has 0 bridgehead atoms. The highest BCUT2D eigenvalue weighted by atomic mass is 16.6. The van der Waals surface area contributed by atoms with Crippen LogP contribution in [0, 0.1) is 15.5 Å². The molecule has 1 aromatic rings. The molecule has 0 saturated heterocycles. The molecule has 0 aliphatic heterocycles. The van der Waals surface area contributed by atoms with Gasteiger partial charge in [0.1, 0.15) is 5.41 Å². The molecule has 0 radical (unpaired) electrons. The molecule has 0 aromatic heterocycles. The van der Waals surface area contributed by atoms with E-state index in [1.165, 1.54) is 24.3 Å². The zero-order valence-corrected chi connectivity index (χ0v) is 12.8. The van der Waals surface area contributed by atoms with E-state index in [9.17, 15) is 19.7 Å². The lowest BCUT2D eigenvalue weighted by molar-refractivity contribution is -0.384. The molecule has 1 aliphatic rings. The lowest BCUT2D eigenvalue weighted by atomic mass is 9.78. The zero-order chi connectivity index (χ0) is 17.2. The Morgan fingerprint density at radius 3 is 2.17 bits per heavy atom. The minimum Gasteiger partial charge on any atom is -0.465 e. The number of nitro groups is 1. The predicted molar refractivity (Wildman–Crippen MR) is 84.0 cm³/mol. The van der Waals surface area contributed by atoms with Crippen molar-refractivity contribution in [3.8, 4) is 0 Å². The van der Waals surface area contributed by atoms with Crippen molar-refractivity contribution in [1.29, 1.82) is 0 Å². The van der Waals surface area contributed by atoms with E-state index in [1.54, 1.807) is 6.92 Å². The van der Waals surface area contributed by atoms with Crippen molar-refractivity contribution in [2.45, 2.75) is 19.8 Å². The third-order valence-corrected chi connectivity index (χ3v) is 3.97. The van der Waals surface area contributed by atoms with Crippen molar-refractivity contribution in [1.82, 2.24) is 0 Å². The number of carbonyl (C=O) groups is 2. The molecular weight excluding hydrogens is 298 g/mol. The number of nitro benzene ring substituents is 1. The molecule has 0 amide bonds. The largest absolute Gasteiger partial charge is 0.465 e. The summed E-state index contributed by atoms with van der Waals surface area (Å²) in [4.78, 5) is 35.5. The van der Waals surface area contributed by atoms with E-state index in [4.69, 9.17) is 4.74 Å². The quantitative estimate of drug-likeness (QED) is 0.274. The van der Waals surface area contributed by atoms with Crippen molar-refractivity contribution in [3.63, 3.8) is 0 Å². The average Bonchev–Trinajstić information content (AvgIpc) is 2.83. The van der Waals surface area contributed by atoms with Gasteiger partial charge >= 0.3 is 5.97 Å². The number of nitrogens with zero attached hydrogens (tertiary/aromatic N) is 1. The lowest BCUT2D eigenvalue weighted by Crippen LogP contribution is -2.38. The molecule has 120 valence electrons. The number of non-ortho nitro benzene ring substituents is 1. The molecule has 23 heavy (non-hydrogen) atoms. The normalized spacial score (nSPS) is 16.2. The first-order chi connectivity index (χ1) is 10.8.